The van der Waals surface area contributed by atoms with E-state index in [0.29, 0.717) is 11.6 Å². The molecule has 0 spiro atoms. The van der Waals surface area contributed by atoms with E-state index in [-0.39, 0.29) is 5.69 Å². The zero-order chi connectivity index (χ0) is 10.7. The van der Waals surface area contributed by atoms with E-state index in [1.807, 2.05) is 6.07 Å². The highest BCUT2D eigenvalue weighted by Gasteiger charge is 1.99. The second-order valence-corrected chi connectivity index (χ2v) is 2.88. The van der Waals surface area contributed by atoms with Gasteiger partial charge in [-0.3, -0.25) is 0 Å². The van der Waals surface area contributed by atoms with Gasteiger partial charge in [0.25, 0.3) is 0 Å². The van der Waals surface area contributed by atoms with Crippen molar-refractivity contribution in [2.24, 2.45) is 0 Å². The molecule has 0 aliphatic heterocycles. The summed E-state index contributed by atoms with van der Waals surface area (Å²) in [4.78, 5) is 21.2. The number of methoxy groups -OCH3 is 1. The van der Waals surface area contributed by atoms with Crippen LogP contribution in [0.15, 0.2) is 35.4 Å². The van der Waals surface area contributed by atoms with Crippen LogP contribution in [0.4, 0.5) is 0 Å². The molecule has 0 aliphatic rings. The molecular formula is C10H9N3O2. The van der Waals surface area contributed by atoms with Crippen molar-refractivity contribution in [2.75, 3.05) is 7.11 Å². The molecule has 15 heavy (non-hydrogen) atoms. The lowest BCUT2D eigenvalue weighted by atomic mass is 10.2. The fourth-order valence-corrected chi connectivity index (χ4v) is 1.20. The van der Waals surface area contributed by atoms with Gasteiger partial charge in [-0.1, -0.05) is 0 Å². The lowest BCUT2D eigenvalue weighted by Crippen LogP contribution is -2.09. The number of nitrogens with one attached hydrogen (secondary N) is 1. The van der Waals surface area contributed by atoms with Crippen molar-refractivity contribution in [2.45, 2.75) is 0 Å². The van der Waals surface area contributed by atoms with Crippen LogP contribution in [-0.4, -0.2) is 22.1 Å². The van der Waals surface area contributed by atoms with Crippen molar-refractivity contribution >= 4 is 0 Å². The molecular weight excluding hydrogens is 194 g/mol. The first-order valence-electron chi connectivity index (χ1n) is 4.35. The Labute approximate surface area is 85.8 Å². The summed E-state index contributed by atoms with van der Waals surface area (Å²) in [6, 6.07) is 5.26. The van der Waals surface area contributed by atoms with Gasteiger partial charge in [-0.25, -0.2) is 14.8 Å². The Morgan fingerprint density at radius 1 is 1.27 bits per heavy atom. The Kier molecular flexibility index (Phi) is 2.45. The van der Waals surface area contributed by atoms with Crippen LogP contribution >= 0.6 is 0 Å². The normalized spacial score (nSPS) is 9.93. The topological polar surface area (TPSA) is 67.9 Å². The second-order valence-electron chi connectivity index (χ2n) is 2.88. The summed E-state index contributed by atoms with van der Waals surface area (Å²) >= 11 is 0. The summed E-state index contributed by atoms with van der Waals surface area (Å²) in [5, 5.41) is 0. The smallest absolute Gasteiger partial charge is 0.345 e. The molecule has 5 nitrogen and oxygen atoms in total. The summed E-state index contributed by atoms with van der Waals surface area (Å²) in [7, 11) is 1.55. The number of rotatable bonds is 2. The molecule has 76 valence electrons. The van der Waals surface area contributed by atoms with Gasteiger partial charge in [0.1, 0.15) is 0 Å². The lowest BCUT2D eigenvalue weighted by Gasteiger charge is -2.01. The van der Waals surface area contributed by atoms with E-state index in [1.165, 1.54) is 6.20 Å². The van der Waals surface area contributed by atoms with Crippen molar-refractivity contribution in [3.8, 4) is 17.1 Å². The zero-order valence-corrected chi connectivity index (χ0v) is 8.10. The van der Waals surface area contributed by atoms with E-state index < -0.39 is 0 Å². The van der Waals surface area contributed by atoms with Crippen LogP contribution in [0.5, 0.6) is 5.88 Å². The number of ether oxygens (including phenoxy) is 1. The van der Waals surface area contributed by atoms with Crippen molar-refractivity contribution in [3.05, 3.63) is 41.1 Å². The van der Waals surface area contributed by atoms with Crippen LogP contribution in [0.25, 0.3) is 11.3 Å². The van der Waals surface area contributed by atoms with Crippen molar-refractivity contribution in [1.82, 2.24) is 15.0 Å². The third kappa shape index (κ3) is 2.01. The highest BCUT2D eigenvalue weighted by Crippen LogP contribution is 2.15. The molecule has 0 saturated carbocycles. The fraction of sp³-hybridized carbons (Fsp3) is 0.100. The predicted octanol–water partition coefficient (Wildman–Crippen LogP) is 0.840. The molecule has 0 aliphatic carbocycles. The highest BCUT2D eigenvalue weighted by atomic mass is 16.5. The molecule has 2 aromatic rings. The molecule has 0 bridgehead atoms. The minimum absolute atomic E-state index is 0.372. The molecule has 0 unspecified atom stereocenters. The minimum Gasteiger partial charge on any atom is -0.481 e. The largest absolute Gasteiger partial charge is 0.481 e. The number of aromatic amines is 1. The number of nitrogens with zero attached hydrogens (tertiary/aromatic N) is 2. The van der Waals surface area contributed by atoms with Gasteiger partial charge in [-0.15, -0.1) is 0 Å². The van der Waals surface area contributed by atoms with E-state index in [2.05, 4.69) is 15.0 Å². The average Bonchev–Trinajstić information content (AvgIpc) is 2.29. The number of aromatic nitrogens is 3. The van der Waals surface area contributed by atoms with E-state index in [4.69, 9.17) is 4.74 Å². The van der Waals surface area contributed by atoms with Crippen LogP contribution < -0.4 is 10.4 Å². The SMILES string of the molecule is COc1ccc(-c2ccnc(=O)[nH]2)cn1. The maximum atomic E-state index is 11.0. The van der Waals surface area contributed by atoms with Crippen LogP contribution in [0, 0.1) is 0 Å². The zero-order valence-electron chi connectivity index (χ0n) is 8.10. The molecule has 0 saturated heterocycles. The van der Waals surface area contributed by atoms with Crippen LogP contribution in [0.1, 0.15) is 0 Å². The number of H-pyrrole nitrogens is 1. The minimum atomic E-state index is -0.372. The Morgan fingerprint density at radius 2 is 2.13 bits per heavy atom. The van der Waals surface area contributed by atoms with Crippen LogP contribution in [0.3, 0.4) is 0 Å². The van der Waals surface area contributed by atoms with Crippen LogP contribution in [0.2, 0.25) is 0 Å². The number of hydrogen-bond acceptors (Lipinski definition) is 4. The maximum absolute atomic E-state index is 11.0. The van der Waals surface area contributed by atoms with Crippen molar-refractivity contribution in [3.63, 3.8) is 0 Å². The van der Waals surface area contributed by atoms with E-state index in [9.17, 15) is 4.79 Å². The molecule has 0 aromatic carbocycles. The summed E-state index contributed by atoms with van der Waals surface area (Å²) in [6.07, 6.45) is 3.09. The van der Waals surface area contributed by atoms with Crippen molar-refractivity contribution < 1.29 is 4.74 Å². The summed E-state index contributed by atoms with van der Waals surface area (Å²) in [5.41, 5.74) is 1.13. The standard InChI is InChI=1S/C10H9N3O2/c1-15-9-3-2-7(6-12-9)8-4-5-11-10(14)13-8/h2-6H,1H3,(H,11,13,14). The third-order valence-electron chi connectivity index (χ3n) is 1.93. The van der Waals surface area contributed by atoms with Gasteiger partial charge in [-0.05, 0) is 12.1 Å². The quantitative estimate of drug-likeness (QED) is 0.785. The lowest BCUT2D eigenvalue weighted by molar-refractivity contribution is 0.398. The summed E-state index contributed by atoms with van der Waals surface area (Å²) in [6.45, 7) is 0. The molecule has 0 fully saturated rings. The number of pyridine rings is 1. The van der Waals surface area contributed by atoms with Gasteiger partial charge in [0, 0.05) is 24.0 Å². The Bertz CT molecular complexity index is 505. The van der Waals surface area contributed by atoms with Gasteiger partial charge in [0.15, 0.2) is 0 Å². The molecule has 5 heteroatoms. The maximum Gasteiger partial charge on any atom is 0.345 e. The summed E-state index contributed by atoms with van der Waals surface area (Å²) in [5.74, 6) is 0.537. The van der Waals surface area contributed by atoms with Gasteiger partial charge >= 0.3 is 5.69 Å². The van der Waals surface area contributed by atoms with Gasteiger partial charge < -0.3 is 9.72 Å². The number of hydrogen-bond donors (Lipinski definition) is 1. The van der Waals surface area contributed by atoms with Crippen molar-refractivity contribution in [1.29, 1.82) is 0 Å². The molecule has 0 amide bonds. The molecule has 2 aromatic heterocycles. The third-order valence-corrected chi connectivity index (χ3v) is 1.93. The van der Waals surface area contributed by atoms with Gasteiger partial charge in [-0.2, -0.15) is 0 Å². The summed E-state index contributed by atoms with van der Waals surface area (Å²) < 4.78 is 4.93. The Balaban J connectivity index is 2.41. The van der Waals surface area contributed by atoms with E-state index >= 15 is 0 Å². The monoisotopic (exact) mass is 203 g/mol. The molecule has 0 atom stereocenters. The van der Waals surface area contributed by atoms with E-state index in [0.717, 1.165) is 5.56 Å². The predicted molar refractivity (Wildman–Crippen MR) is 54.6 cm³/mol. The highest BCUT2D eigenvalue weighted by molar-refractivity contribution is 5.57. The van der Waals surface area contributed by atoms with Gasteiger partial charge in [0.05, 0.1) is 12.8 Å². The fourth-order valence-electron chi connectivity index (χ4n) is 1.20. The van der Waals surface area contributed by atoms with Crippen LogP contribution in [-0.2, 0) is 0 Å². The first-order chi connectivity index (χ1) is 7.29. The van der Waals surface area contributed by atoms with Gasteiger partial charge in [0.2, 0.25) is 5.88 Å². The van der Waals surface area contributed by atoms with E-state index in [1.54, 1.807) is 25.4 Å². The first kappa shape index (κ1) is 9.39. The average molecular weight is 203 g/mol. The molecule has 2 heterocycles. The molecule has 2 rings (SSSR count). The molecule has 1 N–H and O–H groups in total. The Hall–Kier alpha value is -2.17. The Morgan fingerprint density at radius 3 is 2.73 bits per heavy atom. The molecule has 0 radical (unpaired) electrons. The second kappa shape index (κ2) is 3.91. The first-order valence-corrected chi connectivity index (χ1v) is 4.35.